The smallest absolute Gasteiger partial charge is 0.133 e. The number of nitrogens with two attached hydrogens (primary N) is 1. The molecule has 0 saturated carbocycles. The van der Waals surface area contributed by atoms with Gasteiger partial charge in [0.15, 0.2) is 0 Å². The lowest BCUT2D eigenvalue weighted by molar-refractivity contribution is 1.08. The number of rotatable bonds is 2. The third kappa shape index (κ3) is 2.30. The Balaban J connectivity index is 2.41. The fourth-order valence-corrected chi connectivity index (χ4v) is 2.05. The van der Waals surface area contributed by atoms with Crippen molar-refractivity contribution < 1.29 is 0 Å². The highest BCUT2D eigenvalue weighted by Gasteiger charge is 2.09. The van der Waals surface area contributed by atoms with Crippen LogP contribution in [0.5, 0.6) is 0 Å². The highest BCUT2D eigenvalue weighted by molar-refractivity contribution is 5.64. The van der Waals surface area contributed by atoms with E-state index in [4.69, 9.17) is 5.73 Å². The largest absolute Gasteiger partial charge is 0.397 e. The molecule has 94 valence electrons. The van der Waals surface area contributed by atoms with Crippen LogP contribution in [0, 0.1) is 20.8 Å². The van der Waals surface area contributed by atoms with Gasteiger partial charge in [-0.25, -0.2) is 4.98 Å². The molecule has 0 atom stereocenters. The zero-order valence-electron chi connectivity index (χ0n) is 11.4. The summed E-state index contributed by atoms with van der Waals surface area (Å²) in [7, 11) is 2.02. The van der Waals surface area contributed by atoms with Gasteiger partial charge in [-0.15, -0.1) is 0 Å². The number of pyridine rings is 1. The first kappa shape index (κ1) is 12.4. The first-order valence-corrected chi connectivity index (χ1v) is 6.03. The third-order valence-electron chi connectivity index (χ3n) is 3.17. The van der Waals surface area contributed by atoms with Crippen LogP contribution in [0.3, 0.4) is 0 Å². The quantitative estimate of drug-likeness (QED) is 0.876. The van der Waals surface area contributed by atoms with E-state index in [1.165, 1.54) is 11.1 Å². The maximum absolute atomic E-state index is 5.80. The molecule has 2 aromatic rings. The van der Waals surface area contributed by atoms with Gasteiger partial charge in [-0.1, -0.05) is 17.7 Å². The summed E-state index contributed by atoms with van der Waals surface area (Å²) < 4.78 is 0. The van der Waals surface area contributed by atoms with Crippen molar-refractivity contribution in [2.24, 2.45) is 0 Å². The van der Waals surface area contributed by atoms with Crippen LogP contribution in [0.1, 0.15) is 16.8 Å². The van der Waals surface area contributed by atoms with Crippen LogP contribution >= 0.6 is 0 Å². The van der Waals surface area contributed by atoms with Crippen LogP contribution in [0.25, 0.3) is 0 Å². The van der Waals surface area contributed by atoms with Gasteiger partial charge < -0.3 is 10.6 Å². The van der Waals surface area contributed by atoms with E-state index in [1.54, 1.807) is 0 Å². The lowest BCUT2D eigenvalue weighted by Crippen LogP contribution is -2.13. The minimum atomic E-state index is 0.729. The molecule has 0 aliphatic rings. The predicted molar refractivity (Wildman–Crippen MR) is 77.4 cm³/mol. The molecule has 1 aromatic carbocycles. The second-order valence-electron chi connectivity index (χ2n) is 4.69. The molecule has 1 aromatic heterocycles. The Labute approximate surface area is 108 Å². The average Bonchev–Trinajstić information content (AvgIpc) is 2.32. The second kappa shape index (κ2) is 4.69. The first-order chi connectivity index (χ1) is 8.49. The number of anilines is 3. The van der Waals surface area contributed by atoms with Gasteiger partial charge >= 0.3 is 0 Å². The van der Waals surface area contributed by atoms with Gasteiger partial charge in [0, 0.05) is 12.7 Å². The Kier molecular flexibility index (Phi) is 3.24. The molecule has 1 heterocycles. The molecule has 0 radical (unpaired) electrons. The number of hydrogen-bond acceptors (Lipinski definition) is 3. The van der Waals surface area contributed by atoms with Crippen LogP contribution in [0.4, 0.5) is 17.2 Å². The van der Waals surface area contributed by atoms with Gasteiger partial charge in [0.25, 0.3) is 0 Å². The van der Waals surface area contributed by atoms with Gasteiger partial charge in [0.1, 0.15) is 5.82 Å². The minimum Gasteiger partial charge on any atom is -0.397 e. The van der Waals surface area contributed by atoms with E-state index < -0.39 is 0 Å². The van der Waals surface area contributed by atoms with E-state index in [-0.39, 0.29) is 0 Å². The maximum Gasteiger partial charge on any atom is 0.133 e. The summed E-state index contributed by atoms with van der Waals surface area (Å²) in [6.45, 7) is 6.14. The number of nitrogens with zero attached hydrogens (tertiary/aromatic N) is 2. The van der Waals surface area contributed by atoms with Crippen LogP contribution in [-0.4, -0.2) is 12.0 Å². The molecule has 0 amide bonds. The fourth-order valence-electron chi connectivity index (χ4n) is 2.05. The van der Waals surface area contributed by atoms with Crippen molar-refractivity contribution >= 4 is 17.2 Å². The highest BCUT2D eigenvalue weighted by Crippen LogP contribution is 2.27. The zero-order valence-corrected chi connectivity index (χ0v) is 11.4. The molecule has 3 nitrogen and oxygen atoms in total. The van der Waals surface area contributed by atoms with E-state index in [2.05, 4.69) is 41.9 Å². The van der Waals surface area contributed by atoms with Crippen molar-refractivity contribution in [3.8, 4) is 0 Å². The second-order valence-corrected chi connectivity index (χ2v) is 4.69. The number of aromatic nitrogens is 1. The highest BCUT2D eigenvalue weighted by atomic mass is 15.2. The van der Waals surface area contributed by atoms with Crippen molar-refractivity contribution in [2.45, 2.75) is 20.8 Å². The van der Waals surface area contributed by atoms with Crippen molar-refractivity contribution in [3.63, 3.8) is 0 Å². The molecular weight excluding hydrogens is 222 g/mol. The first-order valence-electron chi connectivity index (χ1n) is 6.03. The Hall–Kier alpha value is -2.03. The molecule has 18 heavy (non-hydrogen) atoms. The molecule has 2 N–H and O–H groups in total. The molecule has 0 fully saturated rings. The molecule has 0 unspecified atom stereocenters. The average molecular weight is 241 g/mol. The number of aryl methyl sites for hydroxylation is 3. The van der Waals surface area contributed by atoms with E-state index in [9.17, 15) is 0 Å². The summed E-state index contributed by atoms with van der Waals surface area (Å²) in [6.07, 6.45) is 0. The maximum atomic E-state index is 5.80. The molecule has 0 aliphatic heterocycles. The molecule has 0 saturated heterocycles. The number of nitrogen functional groups attached to an aromatic ring is 1. The minimum absolute atomic E-state index is 0.729. The van der Waals surface area contributed by atoms with Gasteiger partial charge in [0.05, 0.1) is 11.4 Å². The van der Waals surface area contributed by atoms with E-state index in [0.29, 0.717) is 0 Å². The Morgan fingerprint density at radius 3 is 2.39 bits per heavy atom. The molecule has 3 heteroatoms. The van der Waals surface area contributed by atoms with Gasteiger partial charge in [-0.05, 0) is 44.5 Å². The summed E-state index contributed by atoms with van der Waals surface area (Å²) in [6, 6.07) is 10.3. The lowest BCUT2D eigenvalue weighted by Gasteiger charge is -2.21. The van der Waals surface area contributed by atoms with Gasteiger partial charge in [-0.2, -0.15) is 0 Å². The summed E-state index contributed by atoms with van der Waals surface area (Å²) in [5.74, 6) is 0.911. The van der Waals surface area contributed by atoms with Crippen molar-refractivity contribution in [1.82, 2.24) is 4.98 Å². The summed E-state index contributed by atoms with van der Waals surface area (Å²) >= 11 is 0. The Morgan fingerprint density at radius 1 is 1.06 bits per heavy atom. The predicted octanol–water partition coefficient (Wildman–Crippen LogP) is 3.36. The van der Waals surface area contributed by atoms with Crippen LogP contribution in [0.15, 0.2) is 30.3 Å². The molecule has 2 rings (SSSR count). The zero-order chi connectivity index (χ0) is 13.3. The summed E-state index contributed by atoms with van der Waals surface area (Å²) in [5, 5.41) is 0. The summed E-state index contributed by atoms with van der Waals surface area (Å²) in [4.78, 5) is 6.60. The molecule has 0 bridgehead atoms. The van der Waals surface area contributed by atoms with Crippen molar-refractivity contribution in [2.75, 3.05) is 17.7 Å². The van der Waals surface area contributed by atoms with Crippen LogP contribution in [-0.2, 0) is 0 Å². The van der Waals surface area contributed by atoms with E-state index >= 15 is 0 Å². The van der Waals surface area contributed by atoms with Crippen LogP contribution in [0.2, 0.25) is 0 Å². The topological polar surface area (TPSA) is 42.1 Å². The van der Waals surface area contributed by atoms with Crippen molar-refractivity contribution in [1.29, 1.82) is 0 Å². The Morgan fingerprint density at radius 2 is 1.78 bits per heavy atom. The van der Waals surface area contributed by atoms with Gasteiger partial charge in [-0.3, -0.25) is 0 Å². The van der Waals surface area contributed by atoms with Crippen molar-refractivity contribution in [3.05, 3.63) is 47.2 Å². The number of hydrogen-bond donors (Lipinski definition) is 1. The fraction of sp³-hybridized carbons (Fsp3) is 0.267. The Bertz CT molecular complexity index is 576. The van der Waals surface area contributed by atoms with E-state index in [0.717, 1.165) is 22.9 Å². The third-order valence-corrected chi connectivity index (χ3v) is 3.17. The SMILES string of the molecule is Cc1ccc(N(C)c2ccc(N)c(C)n2)c(C)c1. The number of benzene rings is 1. The molecule has 0 spiro atoms. The van der Waals surface area contributed by atoms with Gasteiger partial charge in [0.2, 0.25) is 0 Å². The molecular formula is C15H19N3. The molecule has 0 aliphatic carbocycles. The normalized spacial score (nSPS) is 10.4. The summed E-state index contributed by atoms with van der Waals surface area (Å²) in [5.41, 5.74) is 11.1. The lowest BCUT2D eigenvalue weighted by atomic mass is 10.1. The van der Waals surface area contributed by atoms with E-state index in [1.807, 2.05) is 26.1 Å². The van der Waals surface area contributed by atoms with Crippen LogP contribution < -0.4 is 10.6 Å². The monoisotopic (exact) mass is 241 g/mol. The standard InChI is InChI=1S/C15H19N3/c1-10-5-7-14(11(2)9-10)18(4)15-8-6-13(16)12(3)17-15/h5-9H,16H2,1-4H3.